The fourth-order valence-corrected chi connectivity index (χ4v) is 3.80. The summed E-state index contributed by atoms with van der Waals surface area (Å²) in [6, 6.07) is 9.87. The summed E-state index contributed by atoms with van der Waals surface area (Å²) in [5, 5.41) is 11.5. The van der Waals surface area contributed by atoms with E-state index in [-0.39, 0.29) is 11.9 Å². The number of carbonyl (C=O) groups excluding carboxylic acids is 1. The molecule has 0 spiro atoms. The van der Waals surface area contributed by atoms with Crippen LogP contribution in [-0.2, 0) is 5.75 Å². The van der Waals surface area contributed by atoms with E-state index in [0.29, 0.717) is 28.8 Å². The minimum Gasteiger partial charge on any atom is -0.350 e. The highest BCUT2D eigenvalue weighted by molar-refractivity contribution is 7.98. The van der Waals surface area contributed by atoms with Gasteiger partial charge in [0.1, 0.15) is 0 Å². The number of nitrogens with one attached hydrogen (secondary N) is 2. The molecule has 1 atom stereocenters. The lowest BCUT2D eigenvalue weighted by Crippen LogP contribution is -2.39. The molecule has 28 heavy (non-hydrogen) atoms. The highest BCUT2D eigenvalue weighted by Gasteiger charge is 2.14. The Kier molecular flexibility index (Phi) is 6.64. The molecule has 7 nitrogen and oxygen atoms in total. The molecule has 2 N–H and O–H groups in total. The van der Waals surface area contributed by atoms with E-state index in [2.05, 4.69) is 39.5 Å². The van der Waals surface area contributed by atoms with Crippen molar-refractivity contribution in [1.82, 2.24) is 30.2 Å². The summed E-state index contributed by atoms with van der Waals surface area (Å²) < 4.78 is 1.75. The number of thioether (sulfide) groups is 1. The van der Waals surface area contributed by atoms with Gasteiger partial charge in [-0.2, -0.15) is 4.98 Å². The van der Waals surface area contributed by atoms with Crippen LogP contribution in [0.2, 0.25) is 0 Å². The van der Waals surface area contributed by atoms with Crippen molar-refractivity contribution in [2.45, 2.75) is 44.6 Å². The zero-order chi connectivity index (χ0) is 20.1. The molecule has 0 bridgehead atoms. The van der Waals surface area contributed by atoms with Gasteiger partial charge in [0.2, 0.25) is 5.16 Å². The maximum atomic E-state index is 12.6. The van der Waals surface area contributed by atoms with Gasteiger partial charge in [-0.25, -0.2) is 9.50 Å². The summed E-state index contributed by atoms with van der Waals surface area (Å²) in [5.74, 6) is 1.15. The molecular formula is C20H26N6OS. The third-order valence-corrected chi connectivity index (χ3v) is 5.23. The maximum absolute atomic E-state index is 12.6. The number of aryl methyl sites for hydroxylation is 2. The first-order valence-electron chi connectivity index (χ1n) is 9.41. The molecule has 0 saturated carbocycles. The van der Waals surface area contributed by atoms with Crippen LogP contribution in [0.15, 0.2) is 35.5 Å². The number of benzene rings is 1. The van der Waals surface area contributed by atoms with E-state index in [4.69, 9.17) is 0 Å². The van der Waals surface area contributed by atoms with Crippen LogP contribution in [0.25, 0.3) is 5.78 Å². The molecule has 148 valence electrons. The van der Waals surface area contributed by atoms with Gasteiger partial charge in [-0.1, -0.05) is 36.9 Å². The minimum atomic E-state index is -0.0583. The first-order valence-corrected chi connectivity index (χ1v) is 10.4. The summed E-state index contributed by atoms with van der Waals surface area (Å²) in [6.45, 7) is 9.50. The van der Waals surface area contributed by atoms with Crippen molar-refractivity contribution >= 4 is 23.4 Å². The van der Waals surface area contributed by atoms with Crippen LogP contribution < -0.4 is 10.6 Å². The highest BCUT2D eigenvalue weighted by Crippen LogP contribution is 2.22. The van der Waals surface area contributed by atoms with Gasteiger partial charge in [0.25, 0.3) is 11.7 Å². The summed E-state index contributed by atoms with van der Waals surface area (Å²) in [6.07, 6.45) is 0. The van der Waals surface area contributed by atoms with Gasteiger partial charge in [-0.3, -0.25) is 4.79 Å². The molecule has 3 rings (SSSR count). The SMILES string of the molecule is CCN[C@H](C)CNC(=O)c1ccccc1CSc1nc2nc(C)cc(C)n2n1. The summed E-state index contributed by atoms with van der Waals surface area (Å²) in [7, 11) is 0. The maximum Gasteiger partial charge on any atom is 0.253 e. The van der Waals surface area contributed by atoms with E-state index in [9.17, 15) is 4.79 Å². The number of likely N-dealkylation sites (N-methyl/N-ethyl adjacent to an activating group) is 1. The molecule has 0 saturated heterocycles. The Balaban J connectivity index is 1.70. The lowest BCUT2D eigenvalue weighted by molar-refractivity contribution is 0.0949. The van der Waals surface area contributed by atoms with Crippen molar-refractivity contribution in [1.29, 1.82) is 0 Å². The van der Waals surface area contributed by atoms with Crippen LogP contribution in [-0.4, -0.2) is 44.6 Å². The Bertz CT molecular complexity index is 970. The van der Waals surface area contributed by atoms with Crippen LogP contribution in [0.4, 0.5) is 0 Å². The lowest BCUT2D eigenvalue weighted by Gasteiger charge is -2.14. The molecule has 3 aromatic rings. The first-order chi connectivity index (χ1) is 13.5. The molecule has 0 fully saturated rings. The van der Waals surface area contributed by atoms with Gasteiger partial charge in [-0.05, 0) is 45.0 Å². The minimum absolute atomic E-state index is 0.0583. The fraction of sp³-hybridized carbons (Fsp3) is 0.400. The van der Waals surface area contributed by atoms with Gasteiger partial charge < -0.3 is 10.6 Å². The van der Waals surface area contributed by atoms with Crippen molar-refractivity contribution in [3.63, 3.8) is 0 Å². The predicted octanol–water partition coefficient (Wildman–Crippen LogP) is 2.76. The standard InChI is InChI=1S/C20H26N6OS/c1-5-21-14(3)11-22-18(27)17-9-7-6-8-16(17)12-28-20-24-19-23-13(2)10-15(4)26(19)25-20/h6-10,14,21H,5,11-12H2,1-4H3,(H,22,27)/t14-/m1/s1. The Morgan fingerprint density at radius 1 is 1.25 bits per heavy atom. The Labute approximate surface area is 169 Å². The second-order valence-corrected chi connectivity index (χ2v) is 7.70. The van der Waals surface area contributed by atoms with Crippen molar-refractivity contribution in [3.8, 4) is 0 Å². The van der Waals surface area contributed by atoms with Crippen LogP contribution in [0, 0.1) is 13.8 Å². The molecule has 1 aromatic carbocycles. The van der Waals surface area contributed by atoms with Crippen LogP contribution in [0.1, 0.15) is 41.2 Å². The average molecular weight is 399 g/mol. The van der Waals surface area contributed by atoms with Gasteiger partial charge in [-0.15, -0.1) is 5.10 Å². The largest absolute Gasteiger partial charge is 0.350 e. The normalized spacial score (nSPS) is 12.3. The molecule has 2 aromatic heterocycles. The number of hydrogen-bond donors (Lipinski definition) is 2. The van der Waals surface area contributed by atoms with Crippen LogP contribution >= 0.6 is 11.8 Å². The molecule has 0 aliphatic carbocycles. The number of carbonyl (C=O) groups is 1. The van der Waals surface area contributed by atoms with Crippen molar-refractivity contribution < 1.29 is 4.79 Å². The Morgan fingerprint density at radius 3 is 2.82 bits per heavy atom. The number of hydrogen-bond acceptors (Lipinski definition) is 6. The summed E-state index contributed by atoms with van der Waals surface area (Å²) in [5.41, 5.74) is 3.56. The highest BCUT2D eigenvalue weighted by atomic mass is 32.2. The quantitative estimate of drug-likeness (QED) is 0.568. The molecular weight excluding hydrogens is 372 g/mol. The third kappa shape index (κ3) is 4.88. The Hall–Kier alpha value is -2.45. The molecule has 8 heteroatoms. The van der Waals surface area contributed by atoms with Gasteiger partial charge >= 0.3 is 0 Å². The summed E-state index contributed by atoms with van der Waals surface area (Å²) >= 11 is 1.50. The van der Waals surface area contributed by atoms with Gasteiger partial charge in [0, 0.05) is 35.3 Å². The number of rotatable bonds is 8. The van der Waals surface area contributed by atoms with Gasteiger partial charge in [0.05, 0.1) is 0 Å². The number of nitrogens with zero attached hydrogens (tertiary/aromatic N) is 4. The fourth-order valence-electron chi connectivity index (χ4n) is 2.98. The molecule has 1 amide bonds. The molecule has 0 unspecified atom stereocenters. The number of aromatic nitrogens is 4. The van der Waals surface area contributed by atoms with E-state index < -0.39 is 0 Å². The molecule has 0 aliphatic heterocycles. The summed E-state index contributed by atoms with van der Waals surface area (Å²) in [4.78, 5) is 21.5. The van der Waals surface area contributed by atoms with E-state index in [1.54, 1.807) is 4.52 Å². The molecule has 2 heterocycles. The predicted molar refractivity (Wildman–Crippen MR) is 112 cm³/mol. The third-order valence-electron chi connectivity index (χ3n) is 4.34. The van der Waals surface area contributed by atoms with Gasteiger partial charge in [0.15, 0.2) is 0 Å². The second-order valence-electron chi connectivity index (χ2n) is 6.76. The van der Waals surface area contributed by atoms with Crippen LogP contribution in [0.5, 0.6) is 0 Å². The van der Waals surface area contributed by atoms with E-state index >= 15 is 0 Å². The van der Waals surface area contributed by atoms with E-state index in [0.717, 1.165) is 23.5 Å². The van der Waals surface area contributed by atoms with Crippen molar-refractivity contribution in [2.24, 2.45) is 0 Å². The monoisotopic (exact) mass is 398 g/mol. The smallest absolute Gasteiger partial charge is 0.253 e. The number of amides is 1. The first kappa shape index (κ1) is 20.3. The van der Waals surface area contributed by atoms with E-state index in [1.165, 1.54) is 11.8 Å². The molecule has 0 radical (unpaired) electrons. The van der Waals surface area contributed by atoms with Crippen LogP contribution in [0.3, 0.4) is 0 Å². The topological polar surface area (TPSA) is 84.2 Å². The average Bonchev–Trinajstić information content (AvgIpc) is 3.08. The number of fused-ring (bicyclic) bond motifs is 1. The van der Waals surface area contributed by atoms with Crippen molar-refractivity contribution in [2.75, 3.05) is 13.1 Å². The van der Waals surface area contributed by atoms with Crippen molar-refractivity contribution in [3.05, 3.63) is 52.8 Å². The zero-order valence-electron chi connectivity index (χ0n) is 16.7. The molecule has 0 aliphatic rings. The zero-order valence-corrected chi connectivity index (χ0v) is 17.5. The lowest BCUT2D eigenvalue weighted by atomic mass is 10.1. The second kappa shape index (κ2) is 9.16. The van der Waals surface area contributed by atoms with E-state index in [1.807, 2.05) is 44.2 Å². The Morgan fingerprint density at radius 2 is 2.04 bits per heavy atom.